The second-order valence-corrected chi connectivity index (χ2v) is 36.8. The van der Waals surface area contributed by atoms with E-state index in [1.807, 2.05) is 97.1 Å². The van der Waals surface area contributed by atoms with Gasteiger partial charge in [0.15, 0.2) is 46.0 Å². The van der Waals surface area contributed by atoms with Gasteiger partial charge in [-0.2, -0.15) is 0 Å². The third-order valence-electron chi connectivity index (χ3n) is 28.8. The number of benzene rings is 24. The molecule has 0 aliphatic carbocycles. The molecule has 0 saturated heterocycles. The van der Waals surface area contributed by atoms with E-state index in [9.17, 15) is 0 Å². The van der Waals surface area contributed by atoms with E-state index in [0.717, 1.165) is 180 Å². The van der Waals surface area contributed by atoms with E-state index in [-0.39, 0.29) is 0 Å². The van der Waals surface area contributed by atoms with Gasteiger partial charge in [-0.25, -0.2) is 19.9 Å². The van der Waals surface area contributed by atoms with Crippen LogP contribution in [-0.4, -0.2) is 19.9 Å². The first-order valence-corrected chi connectivity index (χ1v) is 48.6. The normalized spacial score (nSPS) is 12.6. The zero-order valence-corrected chi connectivity index (χ0v) is 77.4. The lowest BCUT2D eigenvalue weighted by atomic mass is 9.94. The predicted molar refractivity (Wildman–Crippen MR) is 596 cm³/mol. The number of hydrogen-bond donors (Lipinski definition) is 0. The first kappa shape index (κ1) is 81.6. The molecule has 4 aromatic heterocycles. The summed E-state index contributed by atoms with van der Waals surface area (Å²) in [5.74, 6) is 10.2. The highest BCUT2D eigenvalue weighted by Gasteiger charge is 2.35. The summed E-state index contributed by atoms with van der Waals surface area (Å²) >= 11 is 0. The zero-order valence-electron chi connectivity index (χ0n) is 77.4. The molecule has 0 saturated carbocycles. The molecule has 0 N–H and O–H groups in total. The number of para-hydroxylation sites is 20. The van der Waals surface area contributed by atoms with Crippen LogP contribution in [0, 0.1) is 0 Å². The summed E-state index contributed by atoms with van der Waals surface area (Å²) in [7, 11) is 0. The minimum atomic E-state index is 0.825. The van der Waals surface area contributed by atoms with Gasteiger partial charge in [-0.05, 0) is 232 Å². The quantitative estimate of drug-likeness (QED) is 0.157. The van der Waals surface area contributed by atoms with Crippen molar-refractivity contribution < 1.29 is 18.9 Å². The standard InChI is InChI=1S/4C33H20N2O/c4*1-2-10-23-21(9-1)17-18-22-19-20-25-32(31(22)23)24-11-3-4-12-26(24)34-33(25)35-27-13-5-7-15-29(27)36-30-16-8-6-14-28(30)35/h4*1-20H. The van der Waals surface area contributed by atoms with Crippen LogP contribution in [0.25, 0.3) is 173 Å². The lowest BCUT2D eigenvalue weighted by Crippen LogP contribution is -2.17. The summed E-state index contributed by atoms with van der Waals surface area (Å²) < 4.78 is 25.1. The van der Waals surface area contributed by atoms with Gasteiger partial charge >= 0.3 is 0 Å². The Labute approximate surface area is 825 Å². The highest BCUT2D eigenvalue weighted by molar-refractivity contribution is 6.34. The lowest BCUT2D eigenvalue weighted by molar-refractivity contribution is 0.476. The topological polar surface area (TPSA) is 101 Å². The fourth-order valence-electron chi connectivity index (χ4n) is 22.5. The maximum absolute atomic E-state index is 6.29. The predicted octanol–water partition coefficient (Wildman–Crippen LogP) is 37.1. The van der Waals surface area contributed by atoms with E-state index in [2.05, 4.69) is 408 Å². The molecule has 0 radical (unpaired) electrons. The van der Waals surface area contributed by atoms with E-state index in [1.165, 1.54) is 108 Å². The van der Waals surface area contributed by atoms with Gasteiger partial charge in [0.25, 0.3) is 0 Å². The van der Waals surface area contributed by atoms with Gasteiger partial charge in [0.05, 0.1) is 67.6 Å². The molecule has 0 amide bonds. The van der Waals surface area contributed by atoms with E-state index in [0.29, 0.717) is 0 Å². The Hall–Kier alpha value is -19.6. The Bertz CT molecular complexity index is 8950. The molecular formula is C132H80N8O4. The molecule has 8 heterocycles. The van der Waals surface area contributed by atoms with E-state index in [1.54, 1.807) is 0 Å². The molecule has 24 aromatic carbocycles. The van der Waals surface area contributed by atoms with E-state index >= 15 is 0 Å². The largest absolute Gasteiger partial charge is 0.453 e. The minimum absolute atomic E-state index is 0.825. The number of aromatic nitrogens is 4. The van der Waals surface area contributed by atoms with Crippen LogP contribution in [0.4, 0.5) is 68.8 Å². The number of anilines is 12. The number of rotatable bonds is 4. The molecular weight excluding hydrogens is 1760 g/mol. The van der Waals surface area contributed by atoms with Crippen LogP contribution in [0.2, 0.25) is 0 Å². The summed E-state index contributed by atoms with van der Waals surface area (Å²) in [4.78, 5) is 30.1. The first-order chi connectivity index (χ1) is 71.5. The van der Waals surface area contributed by atoms with Gasteiger partial charge in [-0.3, -0.25) is 19.6 Å². The van der Waals surface area contributed by atoms with Gasteiger partial charge in [0, 0.05) is 64.6 Å². The number of pyridine rings is 4. The van der Waals surface area contributed by atoms with E-state index in [4.69, 9.17) is 38.9 Å². The van der Waals surface area contributed by atoms with Gasteiger partial charge in [0.1, 0.15) is 23.3 Å². The summed E-state index contributed by atoms with van der Waals surface area (Å²) in [6.07, 6.45) is 0. The first-order valence-electron chi connectivity index (χ1n) is 48.6. The second-order valence-electron chi connectivity index (χ2n) is 36.8. The van der Waals surface area contributed by atoms with Crippen LogP contribution in [-0.2, 0) is 0 Å². The fourth-order valence-corrected chi connectivity index (χ4v) is 22.5. The average molecular weight is 1840 g/mol. The van der Waals surface area contributed by atoms with Gasteiger partial charge in [0.2, 0.25) is 0 Å². The summed E-state index contributed by atoms with van der Waals surface area (Å²) in [5, 5.41) is 34.0. The van der Waals surface area contributed by atoms with Crippen molar-refractivity contribution in [1.82, 2.24) is 19.9 Å². The van der Waals surface area contributed by atoms with Crippen molar-refractivity contribution >= 4 is 242 Å². The molecule has 4 aliphatic rings. The van der Waals surface area contributed by atoms with Crippen molar-refractivity contribution in [3.05, 3.63) is 485 Å². The highest BCUT2D eigenvalue weighted by Crippen LogP contribution is 2.59. The van der Waals surface area contributed by atoms with Crippen molar-refractivity contribution in [3.8, 4) is 46.0 Å². The van der Waals surface area contributed by atoms with Crippen molar-refractivity contribution in [3.63, 3.8) is 0 Å². The summed E-state index contributed by atoms with van der Waals surface area (Å²) in [6.45, 7) is 0. The van der Waals surface area contributed by atoms with Crippen molar-refractivity contribution in [2.75, 3.05) is 19.6 Å². The molecule has 12 heteroatoms. The number of nitrogens with zero attached hydrogens (tertiary/aromatic N) is 8. The Morgan fingerprint density at radius 2 is 0.271 bits per heavy atom. The smallest absolute Gasteiger partial charge is 0.151 e. The number of hydrogen-bond acceptors (Lipinski definition) is 12. The molecule has 0 unspecified atom stereocenters. The Morgan fingerprint density at radius 1 is 0.118 bits per heavy atom. The minimum Gasteiger partial charge on any atom is -0.453 e. The van der Waals surface area contributed by atoms with Gasteiger partial charge in [-0.1, -0.05) is 340 Å². The maximum atomic E-state index is 6.29. The SMILES string of the molecule is c1ccc2c(c1)Oc1ccccc1N2c1nc2ccccc2c2c1ccc1ccc3ccccc3c12.c1ccc2c(c1)Oc1ccccc1N2c1nc2ccccc2c2c1ccc1ccc3ccccc3c12.c1ccc2c(c1)Oc1ccccc1N2c1nc2ccccc2c2c1ccc1ccc3ccccc3c12.c1ccc2c(c1)Oc1ccccc1N2c1nc2ccccc2c2c1ccc1ccc3ccccc3c12. The molecule has 0 fully saturated rings. The molecule has 0 spiro atoms. The van der Waals surface area contributed by atoms with Crippen molar-refractivity contribution in [2.45, 2.75) is 0 Å². The molecule has 28 aromatic rings. The fraction of sp³-hybridized carbons (Fsp3) is 0. The van der Waals surface area contributed by atoms with Crippen LogP contribution in [0.5, 0.6) is 46.0 Å². The maximum Gasteiger partial charge on any atom is 0.151 e. The van der Waals surface area contributed by atoms with Crippen LogP contribution in [0.15, 0.2) is 485 Å². The monoisotopic (exact) mass is 1840 g/mol. The molecule has 0 atom stereocenters. The Kier molecular flexibility index (Phi) is 18.8. The molecule has 672 valence electrons. The van der Waals surface area contributed by atoms with Crippen LogP contribution >= 0.6 is 0 Å². The number of ether oxygens (including phenoxy) is 4. The average Bonchev–Trinajstić information content (AvgIpc) is 0.726. The summed E-state index contributed by atoms with van der Waals surface area (Å²) in [5.41, 5.74) is 11.8. The molecule has 32 rings (SSSR count). The lowest BCUT2D eigenvalue weighted by Gasteiger charge is -2.33. The van der Waals surface area contributed by atoms with E-state index < -0.39 is 0 Å². The van der Waals surface area contributed by atoms with Crippen LogP contribution < -0.4 is 38.5 Å². The van der Waals surface area contributed by atoms with Gasteiger partial charge in [-0.15, -0.1) is 0 Å². The van der Waals surface area contributed by atoms with Gasteiger partial charge < -0.3 is 18.9 Å². The third kappa shape index (κ3) is 13.0. The molecule has 4 aliphatic heterocycles. The van der Waals surface area contributed by atoms with Crippen molar-refractivity contribution in [1.29, 1.82) is 0 Å². The second kappa shape index (κ2) is 33.1. The highest BCUT2D eigenvalue weighted by atomic mass is 16.5. The molecule has 12 nitrogen and oxygen atoms in total. The third-order valence-corrected chi connectivity index (χ3v) is 28.8. The van der Waals surface area contributed by atoms with Crippen molar-refractivity contribution in [2.24, 2.45) is 0 Å². The molecule has 0 bridgehead atoms. The zero-order chi connectivity index (χ0) is 94.6. The Balaban J connectivity index is 0.0000000913. The molecule has 144 heavy (non-hydrogen) atoms. The number of fused-ring (bicyclic) bond motifs is 36. The summed E-state index contributed by atoms with van der Waals surface area (Å²) in [6, 6.07) is 169. The van der Waals surface area contributed by atoms with Crippen LogP contribution in [0.3, 0.4) is 0 Å². The Morgan fingerprint density at radius 3 is 0.472 bits per heavy atom. The van der Waals surface area contributed by atoms with Crippen LogP contribution in [0.1, 0.15) is 0 Å².